The molecule has 1 amide bonds. The highest BCUT2D eigenvalue weighted by Crippen LogP contribution is 2.23. The van der Waals surface area contributed by atoms with E-state index >= 15 is 0 Å². The van der Waals surface area contributed by atoms with Gasteiger partial charge < -0.3 is 14.8 Å². The van der Waals surface area contributed by atoms with Gasteiger partial charge in [0.15, 0.2) is 0 Å². The number of carbonyl (C=O) groups excluding carboxylic acids is 2. The lowest BCUT2D eigenvalue weighted by molar-refractivity contribution is 0.0524. The highest BCUT2D eigenvalue weighted by molar-refractivity contribution is 5.95. The van der Waals surface area contributed by atoms with Gasteiger partial charge >= 0.3 is 5.97 Å². The molecule has 2 heterocycles. The predicted molar refractivity (Wildman–Crippen MR) is 103 cm³/mol. The van der Waals surface area contributed by atoms with Gasteiger partial charge in [0.25, 0.3) is 5.91 Å². The molecule has 0 atom stereocenters. The van der Waals surface area contributed by atoms with Gasteiger partial charge in [-0.15, -0.1) is 0 Å². The summed E-state index contributed by atoms with van der Waals surface area (Å²) in [6, 6.07) is 6.77. The highest BCUT2D eigenvalue weighted by atomic mass is 16.5. The first kappa shape index (κ1) is 19.8. The van der Waals surface area contributed by atoms with Crippen molar-refractivity contribution in [3.8, 4) is 5.88 Å². The second-order valence-electron chi connectivity index (χ2n) is 6.76. The van der Waals surface area contributed by atoms with Crippen molar-refractivity contribution in [1.29, 1.82) is 0 Å². The van der Waals surface area contributed by atoms with E-state index in [0.29, 0.717) is 30.3 Å². The normalized spacial score (nSPS) is 13.9. The molecule has 2 aromatic rings. The first-order valence-corrected chi connectivity index (χ1v) is 9.61. The Hall–Kier alpha value is -2.96. The first-order chi connectivity index (χ1) is 13.6. The Morgan fingerprint density at radius 2 is 2.00 bits per heavy atom. The number of aromatic nitrogens is 2. The molecule has 148 valence electrons. The number of rotatable bonds is 7. The zero-order valence-electron chi connectivity index (χ0n) is 16.2. The smallest absolute Gasteiger partial charge is 0.339 e. The van der Waals surface area contributed by atoms with Crippen molar-refractivity contribution < 1.29 is 19.1 Å². The van der Waals surface area contributed by atoms with E-state index < -0.39 is 5.97 Å². The van der Waals surface area contributed by atoms with Crippen LogP contribution in [0.3, 0.4) is 0 Å². The molecular weight excluding hydrogens is 358 g/mol. The van der Waals surface area contributed by atoms with Crippen molar-refractivity contribution >= 4 is 11.9 Å². The van der Waals surface area contributed by atoms with Crippen LogP contribution in [0.1, 0.15) is 64.7 Å². The molecule has 28 heavy (non-hydrogen) atoms. The molecule has 0 aliphatic heterocycles. The number of nitrogens with zero attached hydrogens (tertiary/aromatic N) is 2. The van der Waals surface area contributed by atoms with Gasteiger partial charge in [0.1, 0.15) is 11.8 Å². The standard InChI is InChI=1S/C21H25N3O4/c1-3-27-21(26)17-8-9-18(24-14(17)2)20(25)23-13-15-10-11-22-19(12-15)28-16-6-4-5-7-16/h8-12,16H,3-7,13H2,1-2H3,(H,23,25). The Kier molecular flexibility index (Phi) is 6.57. The lowest BCUT2D eigenvalue weighted by Crippen LogP contribution is -2.24. The maximum atomic E-state index is 12.4. The van der Waals surface area contributed by atoms with Crippen LogP contribution in [0.2, 0.25) is 0 Å². The molecule has 1 aliphatic carbocycles. The molecule has 3 rings (SSSR count). The van der Waals surface area contributed by atoms with E-state index in [1.807, 2.05) is 12.1 Å². The SMILES string of the molecule is CCOC(=O)c1ccc(C(=O)NCc2ccnc(OC3CCCC3)c2)nc1C. The summed E-state index contributed by atoms with van der Waals surface area (Å²) in [5.74, 6) is -0.161. The molecule has 1 saturated carbocycles. The molecule has 0 unspecified atom stereocenters. The van der Waals surface area contributed by atoms with Crippen molar-refractivity contribution in [1.82, 2.24) is 15.3 Å². The van der Waals surface area contributed by atoms with Crippen molar-refractivity contribution in [3.63, 3.8) is 0 Å². The van der Waals surface area contributed by atoms with Crippen LogP contribution < -0.4 is 10.1 Å². The number of hydrogen-bond donors (Lipinski definition) is 1. The molecule has 0 saturated heterocycles. The largest absolute Gasteiger partial charge is 0.474 e. The van der Waals surface area contributed by atoms with E-state index in [1.54, 1.807) is 26.1 Å². The number of pyridine rings is 2. The monoisotopic (exact) mass is 383 g/mol. The predicted octanol–water partition coefficient (Wildman–Crippen LogP) is 3.21. The quantitative estimate of drug-likeness (QED) is 0.739. The Morgan fingerprint density at radius 3 is 2.71 bits per heavy atom. The number of ether oxygens (including phenoxy) is 2. The third-order valence-corrected chi connectivity index (χ3v) is 4.66. The molecule has 1 aliphatic rings. The minimum absolute atomic E-state index is 0.238. The van der Waals surface area contributed by atoms with Crippen LogP contribution in [-0.4, -0.2) is 34.6 Å². The zero-order valence-corrected chi connectivity index (χ0v) is 16.2. The number of aryl methyl sites for hydroxylation is 1. The fourth-order valence-electron chi connectivity index (χ4n) is 3.19. The molecule has 0 bridgehead atoms. The van der Waals surface area contributed by atoms with Crippen molar-refractivity contribution in [3.05, 3.63) is 53.0 Å². The van der Waals surface area contributed by atoms with E-state index in [2.05, 4.69) is 15.3 Å². The van der Waals surface area contributed by atoms with Crippen LogP contribution in [-0.2, 0) is 11.3 Å². The van der Waals surface area contributed by atoms with Gasteiger partial charge in [-0.05, 0) is 63.3 Å². The molecule has 2 aromatic heterocycles. The van der Waals surface area contributed by atoms with E-state index in [0.717, 1.165) is 18.4 Å². The van der Waals surface area contributed by atoms with Gasteiger partial charge in [-0.25, -0.2) is 14.8 Å². The fraction of sp³-hybridized carbons (Fsp3) is 0.429. The molecular formula is C21H25N3O4. The van der Waals surface area contributed by atoms with Gasteiger partial charge in [0.05, 0.1) is 17.9 Å². The van der Waals surface area contributed by atoms with Crippen molar-refractivity contribution in [2.75, 3.05) is 6.61 Å². The van der Waals surface area contributed by atoms with Gasteiger partial charge in [-0.3, -0.25) is 4.79 Å². The summed E-state index contributed by atoms with van der Waals surface area (Å²) in [5, 5.41) is 2.84. The number of hydrogen-bond acceptors (Lipinski definition) is 6. The van der Waals surface area contributed by atoms with E-state index in [-0.39, 0.29) is 17.7 Å². The maximum Gasteiger partial charge on any atom is 0.339 e. The summed E-state index contributed by atoms with van der Waals surface area (Å²) in [6.45, 7) is 4.05. The second-order valence-corrected chi connectivity index (χ2v) is 6.76. The minimum atomic E-state index is -0.439. The average molecular weight is 383 g/mol. The van der Waals surface area contributed by atoms with Gasteiger partial charge in [0, 0.05) is 18.8 Å². The third kappa shape index (κ3) is 5.06. The van der Waals surface area contributed by atoms with E-state index in [1.165, 1.54) is 18.9 Å². The van der Waals surface area contributed by atoms with E-state index in [9.17, 15) is 9.59 Å². The molecule has 7 nitrogen and oxygen atoms in total. The summed E-state index contributed by atoms with van der Waals surface area (Å²) >= 11 is 0. The van der Waals surface area contributed by atoms with Crippen LogP contribution in [0.15, 0.2) is 30.5 Å². The minimum Gasteiger partial charge on any atom is -0.474 e. The summed E-state index contributed by atoms with van der Waals surface area (Å²) < 4.78 is 10.9. The van der Waals surface area contributed by atoms with Crippen molar-refractivity contribution in [2.45, 2.75) is 52.2 Å². The second kappa shape index (κ2) is 9.30. The lowest BCUT2D eigenvalue weighted by Gasteiger charge is -2.13. The van der Waals surface area contributed by atoms with Crippen LogP contribution >= 0.6 is 0 Å². The Labute approximate surface area is 164 Å². The number of carbonyl (C=O) groups is 2. The Balaban J connectivity index is 1.59. The van der Waals surface area contributed by atoms with Gasteiger partial charge in [0.2, 0.25) is 5.88 Å². The molecule has 0 aromatic carbocycles. The molecule has 1 N–H and O–H groups in total. The third-order valence-electron chi connectivity index (χ3n) is 4.66. The summed E-state index contributed by atoms with van der Waals surface area (Å²) in [5.41, 5.74) is 1.97. The zero-order chi connectivity index (χ0) is 19.9. The molecule has 0 radical (unpaired) electrons. The van der Waals surface area contributed by atoms with Gasteiger partial charge in [-0.2, -0.15) is 0 Å². The van der Waals surface area contributed by atoms with Crippen LogP contribution in [0.25, 0.3) is 0 Å². The molecule has 1 fully saturated rings. The molecule has 7 heteroatoms. The number of amides is 1. The van der Waals surface area contributed by atoms with Crippen molar-refractivity contribution in [2.24, 2.45) is 0 Å². The van der Waals surface area contributed by atoms with Crippen LogP contribution in [0.5, 0.6) is 5.88 Å². The Bertz CT molecular complexity index is 847. The topological polar surface area (TPSA) is 90.4 Å². The Morgan fingerprint density at radius 1 is 1.21 bits per heavy atom. The summed E-state index contributed by atoms with van der Waals surface area (Å²) in [7, 11) is 0. The summed E-state index contributed by atoms with van der Waals surface area (Å²) in [6.07, 6.45) is 6.44. The van der Waals surface area contributed by atoms with Crippen LogP contribution in [0, 0.1) is 6.92 Å². The average Bonchev–Trinajstić information content (AvgIpc) is 3.19. The molecule has 0 spiro atoms. The summed E-state index contributed by atoms with van der Waals surface area (Å²) in [4.78, 5) is 32.7. The fourth-order valence-corrected chi connectivity index (χ4v) is 3.19. The number of nitrogens with one attached hydrogen (secondary N) is 1. The van der Waals surface area contributed by atoms with E-state index in [4.69, 9.17) is 9.47 Å². The van der Waals surface area contributed by atoms with Gasteiger partial charge in [-0.1, -0.05) is 0 Å². The lowest BCUT2D eigenvalue weighted by atomic mass is 10.2. The maximum absolute atomic E-state index is 12.4. The number of esters is 1. The highest BCUT2D eigenvalue weighted by Gasteiger charge is 2.17. The first-order valence-electron chi connectivity index (χ1n) is 9.61. The van der Waals surface area contributed by atoms with Crippen LogP contribution in [0.4, 0.5) is 0 Å².